The standard InChI is InChI=1S/C21H33N5O4S/c1-21(2,3)30-20(29)25-10-6-15(13-25)14-26(19(27)28)16-7-11-24(12-8-16)17-5-9-22-18(23-17)31-4/h5,9,15-16H,6-8,10-14H2,1-4H3,(H,27,28). The molecule has 0 radical (unpaired) electrons. The van der Waals surface area contributed by atoms with Crippen molar-refractivity contribution >= 4 is 29.8 Å². The van der Waals surface area contributed by atoms with Crippen LogP contribution in [0.1, 0.15) is 40.0 Å². The summed E-state index contributed by atoms with van der Waals surface area (Å²) >= 11 is 1.51. The van der Waals surface area contributed by atoms with E-state index in [9.17, 15) is 14.7 Å². The number of hydrogen-bond acceptors (Lipinski definition) is 7. The molecule has 0 spiro atoms. The van der Waals surface area contributed by atoms with Gasteiger partial charge in [-0.25, -0.2) is 19.6 Å². The van der Waals surface area contributed by atoms with Crippen LogP contribution < -0.4 is 4.90 Å². The molecule has 9 nitrogen and oxygen atoms in total. The topological polar surface area (TPSA) is 99.1 Å². The van der Waals surface area contributed by atoms with Gasteiger partial charge < -0.3 is 24.5 Å². The largest absolute Gasteiger partial charge is 0.465 e. The maximum absolute atomic E-state index is 12.3. The molecular formula is C21H33N5O4S. The molecule has 1 atom stereocenters. The zero-order valence-electron chi connectivity index (χ0n) is 18.8. The Kier molecular flexibility index (Phi) is 7.51. The Morgan fingerprint density at radius 2 is 1.97 bits per heavy atom. The number of ether oxygens (including phenoxy) is 1. The number of piperidine rings is 1. The smallest absolute Gasteiger partial charge is 0.410 e. The van der Waals surface area contributed by atoms with Gasteiger partial charge in [-0.2, -0.15) is 0 Å². The van der Waals surface area contributed by atoms with E-state index in [0.717, 1.165) is 43.3 Å². The minimum atomic E-state index is -0.888. The Morgan fingerprint density at radius 3 is 2.58 bits per heavy atom. The van der Waals surface area contributed by atoms with E-state index in [0.29, 0.717) is 19.6 Å². The second-order valence-corrected chi connectivity index (χ2v) is 9.91. The van der Waals surface area contributed by atoms with Crippen LogP contribution in [-0.4, -0.2) is 87.7 Å². The van der Waals surface area contributed by atoms with Gasteiger partial charge in [-0.3, -0.25) is 0 Å². The highest BCUT2D eigenvalue weighted by molar-refractivity contribution is 7.98. The fraction of sp³-hybridized carbons (Fsp3) is 0.714. The minimum Gasteiger partial charge on any atom is -0.465 e. The summed E-state index contributed by atoms with van der Waals surface area (Å²) < 4.78 is 5.45. The first-order chi connectivity index (χ1) is 14.7. The molecule has 1 aromatic rings. The lowest BCUT2D eigenvalue weighted by atomic mass is 10.0. The number of anilines is 1. The Morgan fingerprint density at radius 1 is 1.26 bits per heavy atom. The average molecular weight is 452 g/mol. The quantitative estimate of drug-likeness (QED) is 0.537. The van der Waals surface area contributed by atoms with Crippen molar-refractivity contribution in [3.63, 3.8) is 0 Å². The third kappa shape index (κ3) is 6.38. The summed E-state index contributed by atoms with van der Waals surface area (Å²) in [5, 5.41) is 10.6. The van der Waals surface area contributed by atoms with Crippen LogP contribution in [0.15, 0.2) is 17.4 Å². The minimum absolute atomic E-state index is 0.0221. The maximum atomic E-state index is 12.3. The highest BCUT2D eigenvalue weighted by Gasteiger charge is 2.34. The maximum Gasteiger partial charge on any atom is 0.410 e. The number of aromatic nitrogens is 2. The van der Waals surface area contributed by atoms with E-state index in [-0.39, 0.29) is 18.1 Å². The monoisotopic (exact) mass is 451 g/mol. The van der Waals surface area contributed by atoms with E-state index in [1.165, 1.54) is 11.8 Å². The number of carbonyl (C=O) groups is 2. The fourth-order valence-corrected chi connectivity index (χ4v) is 4.50. The SMILES string of the molecule is CSc1nccc(N2CCC(N(CC3CCN(C(=O)OC(C)(C)C)C3)C(=O)O)CC2)n1. The molecule has 0 bridgehead atoms. The molecule has 3 rings (SSSR count). The molecule has 10 heteroatoms. The number of carbonyl (C=O) groups excluding carboxylic acids is 1. The number of amides is 2. The summed E-state index contributed by atoms with van der Waals surface area (Å²) in [6, 6.07) is 1.88. The van der Waals surface area contributed by atoms with Crippen molar-refractivity contribution in [1.82, 2.24) is 19.8 Å². The third-order valence-electron chi connectivity index (χ3n) is 5.67. The first-order valence-corrected chi connectivity index (χ1v) is 12.0. The van der Waals surface area contributed by atoms with Crippen molar-refractivity contribution in [2.45, 2.75) is 56.8 Å². The van der Waals surface area contributed by atoms with Crippen molar-refractivity contribution in [3.8, 4) is 0 Å². The predicted octanol–water partition coefficient (Wildman–Crippen LogP) is 3.40. The number of thioether (sulfide) groups is 1. The Labute approximate surface area is 188 Å². The molecule has 1 unspecified atom stereocenters. The predicted molar refractivity (Wildman–Crippen MR) is 120 cm³/mol. The van der Waals surface area contributed by atoms with Gasteiger partial charge in [0, 0.05) is 45.0 Å². The van der Waals surface area contributed by atoms with Crippen molar-refractivity contribution < 1.29 is 19.4 Å². The average Bonchev–Trinajstić information content (AvgIpc) is 3.20. The van der Waals surface area contributed by atoms with Gasteiger partial charge in [0.05, 0.1) is 0 Å². The molecule has 2 fully saturated rings. The first kappa shape index (κ1) is 23.4. The van der Waals surface area contributed by atoms with Crippen molar-refractivity contribution in [2.24, 2.45) is 5.92 Å². The molecule has 2 amide bonds. The molecule has 0 aliphatic carbocycles. The van der Waals surface area contributed by atoms with Crippen molar-refractivity contribution in [3.05, 3.63) is 12.3 Å². The van der Waals surface area contributed by atoms with Gasteiger partial charge in [0.25, 0.3) is 0 Å². The van der Waals surface area contributed by atoms with Crippen LogP contribution in [-0.2, 0) is 4.74 Å². The summed E-state index contributed by atoms with van der Waals surface area (Å²) in [7, 11) is 0. The van der Waals surface area contributed by atoms with Gasteiger partial charge in [0.2, 0.25) is 0 Å². The lowest BCUT2D eigenvalue weighted by molar-refractivity contribution is 0.0284. The van der Waals surface area contributed by atoms with Crippen LogP contribution in [0.3, 0.4) is 0 Å². The summed E-state index contributed by atoms with van der Waals surface area (Å²) in [5.41, 5.74) is -0.531. The van der Waals surface area contributed by atoms with Crippen LogP contribution in [0.25, 0.3) is 0 Å². The van der Waals surface area contributed by atoms with Gasteiger partial charge >= 0.3 is 12.2 Å². The third-order valence-corrected chi connectivity index (χ3v) is 6.23. The second-order valence-electron chi connectivity index (χ2n) is 9.14. The van der Waals surface area contributed by atoms with Crippen LogP contribution in [0, 0.1) is 5.92 Å². The number of nitrogens with zero attached hydrogens (tertiary/aromatic N) is 5. The van der Waals surface area contributed by atoms with Crippen molar-refractivity contribution in [2.75, 3.05) is 43.9 Å². The Balaban J connectivity index is 1.54. The highest BCUT2D eigenvalue weighted by Crippen LogP contribution is 2.26. The van der Waals surface area contributed by atoms with Crippen LogP contribution >= 0.6 is 11.8 Å². The van der Waals surface area contributed by atoms with E-state index in [1.54, 1.807) is 16.0 Å². The lowest BCUT2D eigenvalue weighted by Crippen LogP contribution is -2.49. The van der Waals surface area contributed by atoms with E-state index < -0.39 is 11.7 Å². The molecule has 2 aliphatic heterocycles. The summed E-state index contributed by atoms with van der Waals surface area (Å²) in [5.74, 6) is 1.02. The van der Waals surface area contributed by atoms with Gasteiger partial charge in [-0.1, -0.05) is 11.8 Å². The van der Waals surface area contributed by atoms with Crippen LogP contribution in [0.2, 0.25) is 0 Å². The molecule has 1 aromatic heterocycles. The summed E-state index contributed by atoms with van der Waals surface area (Å²) in [6.07, 6.45) is 4.81. The summed E-state index contributed by atoms with van der Waals surface area (Å²) in [6.45, 7) is 8.65. The Bertz CT molecular complexity index is 779. The number of carboxylic acid groups (broad SMARTS) is 1. The molecule has 0 saturated carbocycles. The molecule has 2 saturated heterocycles. The molecule has 31 heavy (non-hydrogen) atoms. The van der Waals surface area contributed by atoms with E-state index >= 15 is 0 Å². The van der Waals surface area contributed by atoms with Crippen LogP contribution in [0.5, 0.6) is 0 Å². The molecule has 3 heterocycles. The van der Waals surface area contributed by atoms with E-state index in [4.69, 9.17) is 4.74 Å². The highest BCUT2D eigenvalue weighted by atomic mass is 32.2. The van der Waals surface area contributed by atoms with Crippen molar-refractivity contribution in [1.29, 1.82) is 0 Å². The molecule has 0 aromatic carbocycles. The lowest BCUT2D eigenvalue weighted by Gasteiger charge is -2.38. The molecule has 1 N–H and O–H groups in total. The fourth-order valence-electron chi connectivity index (χ4n) is 4.15. The van der Waals surface area contributed by atoms with E-state index in [1.807, 2.05) is 33.1 Å². The Hall–Kier alpha value is -2.23. The molecule has 2 aliphatic rings. The zero-order valence-corrected chi connectivity index (χ0v) is 19.6. The van der Waals surface area contributed by atoms with Gasteiger partial charge in [-0.15, -0.1) is 0 Å². The second kappa shape index (κ2) is 9.93. The first-order valence-electron chi connectivity index (χ1n) is 10.8. The normalized spacial score (nSPS) is 20.1. The van der Waals surface area contributed by atoms with Crippen LogP contribution in [0.4, 0.5) is 15.4 Å². The van der Waals surface area contributed by atoms with E-state index in [2.05, 4.69) is 14.9 Å². The number of hydrogen-bond donors (Lipinski definition) is 1. The summed E-state index contributed by atoms with van der Waals surface area (Å²) in [4.78, 5) is 38.5. The number of likely N-dealkylation sites (tertiary alicyclic amines) is 1. The number of rotatable bonds is 5. The molecule has 172 valence electrons. The zero-order chi connectivity index (χ0) is 22.6. The van der Waals surface area contributed by atoms with Gasteiger partial charge in [-0.05, 0) is 58.3 Å². The van der Waals surface area contributed by atoms with Gasteiger partial charge in [0.1, 0.15) is 11.4 Å². The van der Waals surface area contributed by atoms with Gasteiger partial charge in [0.15, 0.2) is 5.16 Å². The molecular weight excluding hydrogens is 418 g/mol.